The lowest BCUT2D eigenvalue weighted by Crippen LogP contribution is -2.11. The van der Waals surface area contributed by atoms with Crippen LogP contribution in [-0.2, 0) is 9.53 Å². The standard InChI is InChI=1S/C11H14O2/c1-3-13-11(12)8-10-7-5-4-6-9(10)2/h4-7,10H,2-3,8H2,1H3. The number of ether oxygens (including phenoxy) is 1. The molecule has 1 aliphatic carbocycles. The quantitative estimate of drug-likeness (QED) is 0.619. The second kappa shape index (κ2) is 4.65. The lowest BCUT2D eigenvalue weighted by atomic mass is 9.93. The maximum Gasteiger partial charge on any atom is 0.306 e. The van der Waals surface area contributed by atoms with Gasteiger partial charge in [0.15, 0.2) is 0 Å². The Labute approximate surface area is 78.6 Å². The molecule has 0 spiro atoms. The van der Waals surface area contributed by atoms with Crippen molar-refractivity contribution in [2.75, 3.05) is 6.61 Å². The molecule has 1 rings (SSSR count). The molecular formula is C11H14O2. The minimum Gasteiger partial charge on any atom is -0.466 e. The molecule has 0 radical (unpaired) electrons. The molecule has 0 heterocycles. The summed E-state index contributed by atoms with van der Waals surface area (Å²) in [5.74, 6) is -0.0438. The van der Waals surface area contributed by atoms with E-state index in [0.717, 1.165) is 5.57 Å². The van der Waals surface area contributed by atoms with Crippen LogP contribution in [0.3, 0.4) is 0 Å². The third-order valence-corrected chi connectivity index (χ3v) is 1.93. The Morgan fingerprint density at radius 2 is 2.38 bits per heavy atom. The Morgan fingerprint density at radius 1 is 1.62 bits per heavy atom. The van der Waals surface area contributed by atoms with E-state index in [0.29, 0.717) is 13.0 Å². The monoisotopic (exact) mass is 178 g/mol. The van der Waals surface area contributed by atoms with E-state index in [1.165, 1.54) is 0 Å². The van der Waals surface area contributed by atoms with Gasteiger partial charge in [-0.25, -0.2) is 0 Å². The minimum atomic E-state index is -0.159. The molecule has 13 heavy (non-hydrogen) atoms. The topological polar surface area (TPSA) is 26.3 Å². The third kappa shape index (κ3) is 2.90. The molecule has 0 aromatic carbocycles. The lowest BCUT2D eigenvalue weighted by Gasteiger charge is -2.14. The zero-order valence-corrected chi connectivity index (χ0v) is 7.82. The average Bonchev–Trinajstić information content (AvgIpc) is 2.09. The molecule has 1 unspecified atom stereocenters. The first-order valence-corrected chi connectivity index (χ1v) is 4.43. The predicted octanol–water partition coefficient (Wildman–Crippen LogP) is 2.24. The molecule has 0 aromatic heterocycles. The van der Waals surface area contributed by atoms with Crippen molar-refractivity contribution < 1.29 is 9.53 Å². The van der Waals surface area contributed by atoms with Gasteiger partial charge in [0.25, 0.3) is 0 Å². The van der Waals surface area contributed by atoms with Crippen LogP contribution in [0.25, 0.3) is 0 Å². The van der Waals surface area contributed by atoms with Gasteiger partial charge in [0.2, 0.25) is 0 Å². The smallest absolute Gasteiger partial charge is 0.306 e. The normalized spacial score (nSPS) is 20.4. The highest BCUT2D eigenvalue weighted by atomic mass is 16.5. The van der Waals surface area contributed by atoms with Crippen molar-refractivity contribution >= 4 is 5.97 Å². The highest BCUT2D eigenvalue weighted by molar-refractivity contribution is 5.70. The molecule has 1 atom stereocenters. The summed E-state index contributed by atoms with van der Waals surface area (Å²) in [6.45, 7) is 6.11. The molecule has 0 fully saturated rings. The second-order valence-corrected chi connectivity index (χ2v) is 2.93. The van der Waals surface area contributed by atoms with Gasteiger partial charge in [-0.05, 0) is 12.5 Å². The van der Waals surface area contributed by atoms with Crippen LogP contribution < -0.4 is 0 Å². The number of esters is 1. The molecule has 0 saturated heterocycles. The van der Waals surface area contributed by atoms with E-state index in [-0.39, 0.29) is 11.9 Å². The number of hydrogen-bond acceptors (Lipinski definition) is 2. The zero-order valence-electron chi connectivity index (χ0n) is 7.82. The van der Waals surface area contributed by atoms with Crippen LogP contribution in [0.4, 0.5) is 0 Å². The highest BCUT2D eigenvalue weighted by Gasteiger charge is 2.14. The van der Waals surface area contributed by atoms with Crippen molar-refractivity contribution in [3.63, 3.8) is 0 Å². The van der Waals surface area contributed by atoms with Gasteiger partial charge < -0.3 is 4.74 Å². The maximum absolute atomic E-state index is 11.1. The van der Waals surface area contributed by atoms with Gasteiger partial charge in [-0.2, -0.15) is 0 Å². The summed E-state index contributed by atoms with van der Waals surface area (Å²) >= 11 is 0. The van der Waals surface area contributed by atoms with Crippen molar-refractivity contribution in [1.82, 2.24) is 0 Å². The lowest BCUT2D eigenvalue weighted by molar-refractivity contribution is -0.143. The molecule has 70 valence electrons. The van der Waals surface area contributed by atoms with Gasteiger partial charge in [-0.3, -0.25) is 4.79 Å². The molecule has 0 saturated carbocycles. The van der Waals surface area contributed by atoms with Crippen molar-refractivity contribution in [3.05, 3.63) is 36.5 Å². The van der Waals surface area contributed by atoms with Gasteiger partial charge in [0, 0.05) is 5.92 Å². The molecule has 2 nitrogen and oxygen atoms in total. The van der Waals surface area contributed by atoms with Crippen LogP contribution in [0.1, 0.15) is 13.3 Å². The van der Waals surface area contributed by atoms with Crippen LogP contribution in [0, 0.1) is 5.92 Å². The highest BCUT2D eigenvalue weighted by Crippen LogP contribution is 2.20. The number of hydrogen-bond donors (Lipinski definition) is 0. The van der Waals surface area contributed by atoms with E-state index in [1.54, 1.807) is 0 Å². The summed E-state index contributed by atoms with van der Waals surface area (Å²) in [4.78, 5) is 11.1. The van der Waals surface area contributed by atoms with Crippen LogP contribution in [0.5, 0.6) is 0 Å². The van der Waals surface area contributed by atoms with Crippen LogP contribution >= 0.6 is 0 Å². The Hall–Kier alpha value is -1.31. The summed E-state index contributed by atoms with van der Waals surface area (Å²) in [5.41, 5.74) is 0.968. The Morgan fingerprint density at radius 3 is 3.00 bits per heavy atom. The predicted molar refractivity (Wildman–Crippen MR) is 52.2 cm³/mol. The van der Waals surface area contributed by atoms with E-state index < -0.39 is 0 Å². The number of carbonyl (C=O) groups excluding carboxylic acids is 1. The van der Waals surface area contributed by atoms with E-state index in [4.69, 9.17) is 4.74 Å². The van der Waals surface area contributed by atoms with Crippen LogP contribution in [-0.4, -0.2) is 12.6 Å². The van der Waals surface area contributed by atoms with Gasteiger partial charge >= 0.3 is 5.97 Å². The second-order valence-electron chi connectivity index (χ2n) is 2.93. The summed E-state index contributed by atoms with van der Waals surface area (Å²) < 4.78 is 4.85. The number of carbonyl (C=O) groups is 1. The first-order chi connectivity index (χ1) is 6.24. The van der Waals surface area contributed by atoms with Gasteiger partial charge in [0.1, 0.15) is 0 Å². The summed E-state index contributed by atoms with van der Waals surface area (Å²) in [7, 11) is 0. The molecule has 0 bridgehead atoms. The first kappa shape index (κ1) is 9.78. The summed E-state index contributed by atoms with van der Waals surface area (Å²) in [5, 5.41) is 0. The van der Waals surface area contributed by atoms with E-state index in [1.807, 2.05) is 31.2 Å². The van der Waals surface area contributed by atoms with Crippen molar-refractivity contribution in [3.8, 4) is 0 Å². The summed E-state index contributed by atoms with van der Waals surface area (Å²) in [6.07, 6.45) is 8.14. The molecule has 0 amide bonds. The first-order valence-electron chi connectivity index (χ1n) is 4.43. The van der Waals surface area contributed by atoms with E-state index >= 15 is 0 Å². The van der Waals surface area contributed by atoms with E-state index in [2.05, 4.69) is 6.58 Å². The van der Waals surface area contributed by atoms with Crippen LogP contribution in [0.2, 0.25) is 0 Å². The largest absolute Gasteiger partial charge is 0.466 e. The zero-order chi connectivity index (χ0) is 9.68. The number of rotatable bonds is 3. The SMILES string of the molecule is C=C1C=CC=CC1CC(=O)OCC. The third-order valence-electron chi connectivity index (χ3n) is 1.93. The van der Waals surface area contributed by atoms with Gasteiger partial charge in [-0.15, -0.1) is 0 Å². The Balaban J connectivity index is 2.45. The minimum absolute atomic E-state index is 0.115. The Kier molecular flexibility index (Phi) is 3.50. The van der Waals surface area contributed by atoms with Crippen molar-refractivity contribution in [1.29, 1.82) is 0 Å². The number of allylic oxidation sites excluding steroid dienone is 5. The van der Waals surface area contributed by atoms with Gasteiger partial charge in [0.05, 0.1) is 13.0 Å². The Bertz CT molecular complexity index is 261. The van der Waals surface area contributed by atoms with Crippen molar-refractivity contribution in [2.24, 2.45) is 5.92 Å². The fourth-order valence-corrected chi connectivity index (χ4v) is 1.22. The molecule has 1 aliphatic rings. The fourth-order valence-electron chi connectivity index (χ4n) is 1.22. The molecule has 2 heteroatoms. The fraction of sp³-hybridized carbons (Fsp3) is 0.364. The molecule has 0 aromatic rings. The average molecular weight is 178 g/mol. The van der Waals surface area contributed by atoms with E-state index in [9.17, 15) is 4.79 Å². The molecule has 0 N–H and O–H groups in total. The van der Waals surface area contributed by atoms with Crippen LogP contribution in [0.15, 0.2) is 36.5 Å². The summed E-state index contributed by atoms with van der Waals surface area (Å²) in [6, 6.07) is 0. The van der Waals surface area contributed by atoms with Gasteiger partial charge in [-0.1, -0.05) is 30.9 Å². The molecule has 0 aliphatic heterocycles. The maximum atomic E-state index is 11.1. The molecular weight excluding hydrogens is 164 g/mol. The van der Waals surface area contributed by atoms with Crippen molar-refractivity contribution in [2.45, 2.75) is 13.3 Å².